The van der Waals surface area contributed by atoms with E-state index >= 15 is 0 Å². The molecule has 39 heavy (non-hydrogen) atoms. The van der Waals surface area contributed by atoms with Crippen LogP contribution < -0.4 is 4.90 Å². The number of hydrogen-bond acceptors (Lipinski definition) is 6. The summed E-state index contributed by atoms with van der Waals surface area (Å²) >= 11 is 16.2. The van der Waals surface area contributed by atoms with Gasteiger partial charge in [0.25, 0.3) is 0 Å². The molecule has 7 nitrogen and oxygen atoms in total. The monoisotopic (exact) mass is 598 g/mol. The number of anilines is 1. The van der Waals surface area contributed by atoms with Crippen LogP contribution in [0.2, 0.25) is 10.0 Å². The van der Waals surface area contributed by atoms with Crippen LogP contribution >= 0.6 is 46.3 Å². The zero-order valence-electron chi connectivity index (χ0n) is 20.8. The van der Waals surface area contributed by atoms with E-state index in [1.165, 1.54) is 11.8 Å². The Morgan fingerprint density at radius 2 is 1.87 bits per heavy atom. The molecular formula is C28H24Cl2N4O3S2. The predicted octanol–water partition coefficient (Wildman–Crippen LogP) is 5.94. The average Bonchev–Trinajstić information content (AvgIpc) is 3.58. The van der Waals surface area contributed by atoms with Crippen LogP contribution in [0.15, 0.2) is 66.0 Å². The number of carbonyl (C=O) groups is 2. The van der Waals surface area contributed by atoms with E-state index in [9.17, 15) is 9.59 Å². The second-order valence-electron chi connectivity index (χ2n) is 9.15. The van der Waals surface area contributed by atoms with E-state index in [2.05, 4.69) is 0 Å². The van der Waals surface area contributed by atoms with Gasteiger partial charge in [-0.1, -0.05) is 53.5 Å². The largest absolute Gasteiger partial charge is 0.378 e. The summed E-state index contributed by atoms with van der Waals surface area (Å²) in [4.78, 5) is 31.6. The fourth-order valence-electron chi connectivity index (χ4n) is 4.89. The standard InChI is InChI=1S/C28H24Cl2N4O3S2/c29-19-6-3-5-18(15-19)27-25-26(22-9-4-14-38-22)31-34(21-8-2-1-7-20(21)30)28(25)33(24(36)17-39-27)16-23(35)32-10-12-37-13-11-32/h1-9,14-15,27H,10-13,16-17H2/t27-/m1/s1. The minimum atomic E-state index is -0.250. The summed E-state index contributed by atoms with van der Waals surface area (Å²) < 4.78 is 7.15. The van der Waals surface area contributed by atoms with E-state index in [1.54, 1.807) is 31.9 Å². The SMILES string of the molecule is O=C(CN1C(=O)CS[C@H](c2cccc(Cl)c2)c2c(-c3cccs3)nn(-c3ccccc3Cl)c21)N1CCOCC1. The number of morpholine rings is 1. The van der Waals surface area contributed by atoms with Gasteiger partial charge in [-0.25, -0.2) is 4.68 Å². The van der Waals surface area contributed by atoms with Crippen molar-refractivity contribution in [3.63, 3.8) is 0 Å². The highest BCUT2D eigenvalue weighted by molar-refractivity contribution is 8.00. The average molecular weight is 600 g/mol. The van der Waals surface area contributed by atoms with Crippen LogP contribution in [0.25, 0.3) is 16.3 Å². The molecule has 0 unspecified atom stereocenters. The minimum Gasteiger partial charge on any atom is -0.378 e. The Labute approximate surface area is 244 Å². The zero-order chi connectivity index (χ0) is 26.9. The van der Waals surface area contributed by atoms with Crippen LogP contribution in [0.3, 0.4) is 0 Å². The Kier molecular flexibility index (Phi) is 7.68. The van der Waals surface area contributed by atoms with Crippen LogP contribution in [0.1, 0.15) is 16.4 Å². The molecule has 0 radical (unpaired) electrons. The molecule has 0 N–H and O–H groups in total. The number of thioether (sulfide) groups is 1. The van der Waals surface area contributed by atoms with Gasteiger partial charge in [0.15, 0.2) is 0 Å². The van der Waals surface area contributed by atoms with Gasteiger partial charge in [0.1, 0.15) is 18.1 Å². The first-order valence-electron chi connectivity index (χ1n) is 12.5. The topological polar surface area (TPSA) is 67.7 Å². The number of amides is 2. The summed E-state index contributed by atoms with van der Waals surface area (Å²) in [6, 6.07) is 19.1. The lowest BCUT2D eigenvalue weighted by molar-refractivity contribution is -0.134. The first kappa shape index (κ1) is 26.4. The van der Waals surface area contributed by atoms with Crippen molar-refractivity contribution in [1.29, 1.82) is 0 Å². The van der Waals surface area contributed by atoms with Crippen LogP contribution in [-0.4, -0.2) is 65.1 Å². The molecular weight excluding hydrogens is 575 g/mol. The summed E-state index contributed by atoms with van der Waals surface area (Å²) in [6.45, 7) is 1.86. The maximum absolute atomic E-state index is 13.8. The highest BCUT2D eigenvalue weighted by atomic mass is 35.5. The molecule has 1 atom stereocenters. The Hall–Kier alpha value is -2.82. The summed E-state index contributed by atoms with van der Waals surface area (Å²) in [5.74, 6) is 0.439. The Bertz CT molecular complexity index is 1520. The molecule has 2 aromatic carbocycles. The number of nitrogens with zero attached hydrogens (tertiary/aromatic N) is 4. The van der Waals surface area contributed by atoms with Crippen molar-refractivity contribution in [2.45, 2.75) is 5.25 Å². The number of para-hydroxylation sites is 1. The van der Waals surface area contributed by atoms with E-state index in [0.29, 0.717) is 47.9 Å². The molecule has 4 aromatic rings. The Balaban J connectivity index is 1.59. The molecule has 6 rings (SSSR count). The fourth-order valence-corrected chi connectivity index (χ4v) is 7.21. The second-order valence-corrected chi connectivity index (χ2v) is 12.0. The van der Waals surface area contributed by atoms with Crippen LogP contribution in [0.4, 0.5) is 5.82 Å². The Morgan fingerprint density at radius 1 is 1.05 bits per heavy atom. The number of benzene rings is 2. The first-order chi connectivity index (χ1) is 19.0. The number of fused-ring (bicyclic) bond motifs is 1. The molecule has 0 saturated carbocycles. The molecule has 2 amide bonds. The molecule has 1 fully saturated rings. The molecule has 0 bridgehead atoms. The number of thiophene rings is 1. The van der Waals surface area contributed by atoms with Crippen molar-refractivity contribution < 1.29 is 14.3 Å². The first-order valence-corrected chi connectivity index (χ1v) is 15.1. The minimum absolute atomic E-state index is 0.102. The van der Waals surface area contributed by atoms with E-state index in [1.807, 2.05) is 60.0 Å². The summed E-state index contributed by atoms with van der Waals surface area (Å²) in [5, 5.41) is 7.92. The van der Waals surface area contributed by atoms with Crippen molar-refractivity contribution in [2.75, 3.05) is 43.5 Å². The van der Waals surface area contributed by atoms with Crippen LogP contribution in [0, 0.1) is 0 Å². The van der Waals surface area contributed by atoms with Crippen LogP contribution in [-0.2, 0) is 14.3 Å². The molecule has 2 aliphatic rings. The second kappa shape index (κ2) is 11.3. The van der Waals surface area contributed by atoms with E-state index in [-0.39, 0.29) is 29.4 Å². The lowest BCUT2D eigenvalue weighted by Gasteiger charge is -2.30. The molecule has 0 aliphatic carbocycles. The number of carbonyl (C=O) groups excluding carboxylic acids is 2. The molecule has 4 heterocycles. The molecule has 200 valence electrons. The number of ether oxygens (including phenoxy) is 1. The van der Waals surface area contributed by atoms with Crippen LogP contribution in [0.5, 0.6) is 0 Å². The van der Waals surface area contributed by atoms with Gasteiger partial charge in [-0.15, -0.1) is 23.1 Å². The maximum atomic E-state index is 13.8. The van der Waals surface area contributed by atoms with Gasteiger partial charge in [-0.2, -0.15) is 5.10 Å². The summed E-state index contributed by atoms with van der Waals surface area (Å²) in [7, 11) is 0. The zero-order valence-corrected chi connectivity index (χ0v) is 23.9. The van der Waals surface area contributed by atoms with Gasteiger partial charge in [-0.3, -0.25) is 14.5 Å². The van der Waals surface area contributed by atoms with Gasteiger partial charge < -0.3 is 9.64 Å². The third-order valence-corrected chi connectivity index (χ3v) is 9.42. The number of hydrogen-bond donors (Lipinski definition) is 0. The fraction of sp³-hybridized carbons (Fsp3) is 0.250. The molecule has 2 aromatic heterocycles. The third kappa shape index (κ3) is 5.21. The lowest BCUT2D eigenvalue weighted by atomic mass is 10.0. The quantitative estimate of drug-likeness (QED) is 0.284. The molecule has 1 saturated heterocycles. The van der Waals surface area contributed by atoms with Crippen molar-refractivity contribution in [2.24, 2.45) is 0 Å². The van der Waals surface area contributed by atoms with Gasteiger partial charge in [0.05, 0.1) is 39.8 Å². The molecule has 0 spiro atoms. The highest BCUT2D eigenvalue weighted by Gasteiger charge is 2.38. The predicted molar refractivity (Wildman–Crippen MR) is 157 cm³/mol. The normalized spacial score (nSPS) is 17.7. The number of aromatic nitrogens is 2. The smallest absolute Gasteiger partial charge is 0.242 e. The number of rotatable bonds is 5. The number of halogens is 2. The van der Waals surface area contributed by atoms with E-state index in [0.717, 1.165) is 21.7 Å². The third-order valence-electron chi connectivity index (χ3n) is 6.73. The molecule has 11 heteroatoms. The van der Waals surface area contributed by atoms with E-state index < -0.39 is 0 Å². The lowest BCUT2D eigenvalue weighted by Crippen LogP contribution is -2.48. The van der Waals surface area contributed by atoms with Crippen molar-refractivity contribution in [1.82, 2.24) is 14.7 Å². The van der Waals surface area contributed by atoms with E-state index in [4.69, 9.17) is 33.0 Å². The van der Waals surface area contributed by atoms with Crippen molar-refractivity contribution in [3.8, 4) is 16.3 Å². The Morgan fingerprint density at radius 3 is 2.62 bits per heavy atom. The summed E-state index contributed by atoms with van der Waals surface area (Å²) in [5.41, 5.74) is 3.19. The van der Waals surface area contributed by atoms with Crippen molar-refractivity contribution in [3.05, 3.63) is 87.2 Å². The molecule has 2 aliphatic heterocycles. The maximum Gasteiger partial charge on any atom is 0.242 e. The van der Waals surface area contributed by atoms with Gasteiger partial charge in [-0.05, 0) is 41.3 Å². The van der Waals surface area contributed by atoms with Crippen molar-refractivity contribution >= 4 is 63.9 Å². The summed E-state index contributed by atoms with van der Waals surface area (Å²) in [6.07, 6.45) is 0. The van der Waals surface area contributed by atoms with Gasteiger partial charge in [0.2, 0.25) is 11.8 Å². The van der Waals surface area contributed by atoms with Gasteiger partial charge >= 0.3 is 0 Å². The highest BCUT2D eigenvalue weighted by Crippen LogP contribution is 2.49. The van der Waals surface area contributed by atoms with Gasteiger partial charge in [0, 0.05) is 23.7 Å².